The lowest BCUT2D eigenvalue weighted by atomic mass is 10.2. The van der Waals surface area contributed by atoms with E-state index in [1.54, 1.807) is 12.3 Å². The van der Waals surface area contributed by atoms with Gasteiger partial charge in [0.1, 0.15) is 11.1 Å². The van der Waals surface area contributed by atoms with Gasteiger partial charge in [-0.15, -0.1) is 15.0 Å². The van der Waals surface area contributed by atoms with Gasteiger partial charge >= 0.3 is 0 Å². The Hall–Kier alpha value is -2.59. The molecule has 0 aliphatic heterocycles. The maximum absolute atomic E-state index is 8.85. The second-order valence-electron chi connectivity index (χ2n) is 3.64. The topological polar surface area (TPSA) is 83.2 Å². The predicted molar refractivity (Wildman–Crippen MR) is 70.4 cm³/mol. The number of benzene rings is 1. The number of H-pyrrole nitrogens is 1. The van der Waals surface area contributed by atoms with Crippen LogP contribution in [0.3, 0.4) is 0 Å². The minimum atomic E-state index is 0.573. The van der Waals surface area contributed by atoms with Crippen molar-refractivity contribution in [2.75, 3.05) is 0 Å². The highest BCUT2D eigenvalue weighted by Crippen LogP contribution is 2.27. The van der Waals surface area contributed by atoms with Gasteiger partial charge in [0.2, 0.25) is 0 Å². The molecule has 0 saturated carbocycles. The number of thiocyanates is 1. The quantitative estimate of drug-likeness (QED) is 0.581. The van der Waals surface area contributed by atoms with Crippen LogP contribution in [0.4, 0.5) is 0 Å². The van der Waals surface area contributed by atoms with E-state index in [1.807, 2.05) is 35.7 Å². The largest absolute Gasteiger partial charge is 0.260 e. The monoisotopic (exact) mass is 268 g/mol. The zero-order chi connectivity index (χ0) is 13.1. The van der Waals surface area contributed by atoms with Crippen LogP contribution in [0.5, 0.6) is 0 Å². The standard InChI is InChI=1S/C12H8N6S/c13-8-19-12-11(9-4-2-1-3-5-9)16-18(17-12)10-6-7-14-15-10/h1-7H,(H,14,15). The molecule has 19 heavy (non-hydrogen) atoms. The van der Waals surface area contributed by atoms with Crippen LogP contribution in [0.2, 0.25) is 0 Å². The fourth-order valence-corrected chi connectivity index (χ4v) is 2.11. The number of nitriles is 1. The van der Waals surface area contributed by atoms with E-state index in [0.29, 0.717) is 16.5 Å². The van der Waals surface area contributed by atoms with Crippen LogP contribution >= 0.6 is 11.8 Å². The molecule has 0 aliphatic carbocycles. The number of aromatic amines is 1. The van der Waals surface area contributed by atoms with Crippen molar-refractivity contribution < 1.29 is 0 Å². The van der Waals surface area contributed by atoms with E-state index in [2.05, 4.69) is 20.4 Å². The summed E-state index contributed by atoms with van der Waals surface area (Å²) in [4.78, 5) is 1.44. The molecule has 0 bridgehead atoms. The first-order valence-electron chi connectivity index (χ1n) is 5.47. The normalized spacial score (nSPS) is 10.3. The fourth-order valence-electron chi connectivity index (χ4n) is 1.65. The molecule has 6 nitrogen and oxygen atoms in total. The number of nitrogens with one attached hydrogen (secondary N) is 1. The van der Waals surface area contributed by atoms with Gasteiger partial charge in [0.25, 0.3) is 0 Å². The lowest BCUT2D eigenvalue weighted by molar-refractivity contribution is 0.711. The lowest BCUT2D eigenvalue weighted by Crippen LogP contribution is -1.99. The van der Waals surface area contributed by atoms with Crippen LogP contribution in [0.15, 0.2) is 47.6 Å². The molecule has 0 atom stereocenters. The zero-order valence-electron chi connectivity index (χ0n) is 9.69. The fraction of sp³-hybridized carbons (Fsp3) is 0. The predicted octanol–water partition coefficient (Wildman–Crippen LogP) is 2.23. The molecule has 3 aromatic rings. The highest BCUT2D eigenvalue weighted by Gasteiger charge is 2.14. The van der Waals surface area contributed by atoms with Crippen LogP contribution in [-0.2, 0) is 0 Å². The molecule has 0 spiro atoms. The molecule has 7 heteroatoms. The Bertz CT molecular complexity index is 711. The maximum Gasteiger partial charge on any atom is 0.170 e. The Kier molecular flexibility index (Phi) is 3.00. The summed E-state index contributed by atoms with van der Waals surface area (Å²) >= 11 is 0.992. The van der Waals surface area contributed by atoms with Crippen LogP contribution in [0.25, 0.3) is 17.1 Å². The molecule has 0 amide bonds. The Morgan fingerprint density at radius 1 is 1.16 bits per heavy atom. The summed E-state index contributed by atoms with van der Waals surface area (Å²) in [6, 6.07) is 11.4. The summed E-state index contributed by atoms with van der Waals surface area (Å²) in [5.74, 6) is 0.655. The number of hydrogen-bond donors (Lipinski definition) is 1. The van der Waals surface area contributed by atoms with Crippen molar-refractivity contribution in [2.45, 2.75) is 5.03 Å². The first-order valence-corrected chi connectivity index (χ1v) is 6.28. The molecule has 1 N–H and O–H groups in total. The molecule has 0 unspecified atom stereocenters. The van der Waals surface area contributed by atoms with Crippen molar-refractivity contribution in [1.82, 2.24) is 25.2 Å². The average Bonchev–Trinajstić information content (AvgIpc) is 3.08. The van der Waals surface area contributed by atoms with E-state index in [0.717, 1.165) is 17.3 Å². The van der Waals surface area contributed by atoms with Crippen molar-refractivity contribution in [1.29, 1.82) is 5.26 Å². The average molecular weight is 268 g/mol. The van der Waals surface area contributed by atoms with Crippen molar-refractivity contribution >= 4 is 11.8 Å². The summed E-state index contributed by atoms with van der Waals surface area (Å²) in [6.45, 7) is 0. The van der Waals surface area contributed by atoms with Crippen LogP contribution in [0, 0.1) is 10.7 Å². The minimum Gasteiger partial charge on any atom is -0.260 e. The van der Waals surface area contributed by atoms with Gasteiger partial charge in [0.15, 0.2) is 10.8 Å². The molecule has 0 aliphatic rings. The molecule has 92 valence electrons. The molecular formula is C12H8N6S. The Morgan fingerprint density at radius 3 is 2.68 bits per heavy atom. The third-order valence-corrected chi connectivity index (χ3v) is 3.03. The molecule has 0 saturated heterocycles. The van der Waals surface area contributed by atoms with E-state index < -0.39 is 0 Å². The summed E-state index contributed by atoms with van der Waals surface area (Å²) in [6.07, 6.45) is 1.62. The second kappa shape index (κ2) is 4.96. The van der Waals surface area contributed by atoms with Crippen molar-refractivity contribution in [3.63, 3.8) is 0 Å². The summed E-state index contributed by atoms with van der Waals surface area (Å²) in [5.41, 5.74) is 1.60. The molecule has 2 heterocycles. The molecule has 1 aromatic carbocycles. The Balaban J connectivity index is 2.11. The second-order valence-corrected chi connectivity index (χ2v) is 4.42. The zero-order valence-corrected chi connectivity index (χ0v) is 10.5. The van der Waals surface area contributed by atoms with E-state index >= 15 is 0 Å². The lowest BCUT2D eigenvalue weighted by Gasteiger charge is -1.95. The smallest absolute Gasteiger partial charge is 0.170 e. The number of nitrogens with zero attached hydrogens (tertiary/aromatic N) is 5. The highest BCUT2D eigenvalue weighted by molar-refractivity contribution is 8.03. The minimum absolute atomic E-state index is 0.573. The number of aromatic nitrogens is 5. The SMILES string of the molecule is N#CSc1nn(-c2ccn[nH]2)nc1-c1ccccc1. The number of hydrogen-bond acceptors (Lipinski definition) is 5. The molecule has 0 fully saturated rings. The van der Waals surface area contributed by atoms with Gasteiger partial charge in [-0.3, -0.25) is 5.10 Å². The maximum atomic E-state index is 8.85. The van der Waals surface area contributed by atoms with Gasteiger partial charge in [0.05, 0.1) is 6.20 Å². The third kappa shape index (κ3) is 2.21. The van der Waals surface area contributed by atoms with Gasteiger partial charge in [0, 0.05) is 23.4 Å². The summed E-state index contributed by atoms with van der Waals surface area (Å²) < 4.78 is 0. The highest BCUT2D eigenvalue weighted by atomic mass is 32.2. The Morgan fingerprint density at radius 2 is 2.00 bits per heavy atom. The van der Waals surface area contributed by atoms with Gasteiger partial charge in [-0.2, -0.15) is 10.4 Å². The van der Waals surface area contributed by atoms with Gasteiger partial charge in [-0.25, -0.2) is 0 Å². The van der Waals surface area contributed by atoms with Gasteiger partial charge in [-0.1, -0.05) is 30.3 Å². The van der Waals surface area contributed by atoms with Crippen LogP contribution < -0.4 is 0 Å². The molecule has 3 rings (SSSR count). The first kappa shape index (κ1) is 11.5. The van der Waals surface area contributed by atoms with E-state index in [1.165, 1.54) is 4.80 Å². The van der Waals surface area contributed by atoms with Crippen molar-refractivity contribution in [2.24, 2.45) is 0 Å². The van der Waals surface area contributed by atoms with Crippen LogP contribution in [-0.4, -0.2) is 25.2 Å². The first-order chi connectivity index (χ1) is 9.38. The number of thioether (sulfide) groups is 1. The van der Waals surface area contributed by atoms with E-state index in [9.17, 15) is 0 Å². The van der Waals surface area contributed by atoms with Crippen LogP contribution in [0.1, 0.15) is 0 Å². The number of rotatable bonds is 3. The van der Waals surface area contributed by atoms with Gasteiger partial charge in [-0.05, 0) is 0 Å². The summed E-state index contributed by atoms with van der Waals surface area (Å²) in [7, 11) is 0. The third-order valence-electron chi connectivity index (χ3n) is 2.47. The van der Waals surface area contributed by atoms with E-state index in [-0.39, 0.29) is 0 Å². The van der Waals surface area contributed by atoms with Gasteiger partial charge < -0.3 is 0 Å². The van der Waals surface area contributed by atoms with Crippen molar-refractivity contribution in [3.8, 4) is 22.5 Å². The molecule has 2 aromatic heterocycles. The van der Waals surface area contributed by atoms with E-state index in [4.69, 9.17) is 5.26 Å². The summed E-state index contributed by atoms with van der Waals surface area (Å²) in [5, 5.41) is 26.8. The Labute approximate surface area is 113 Å². The molecule has 0 radical (unpaired) electrons. The molecular weight excluding hydrogens is 260 g/mol. The van der Waals surface area contributed by atoms with Crippen molar-refractivity contribution in [3.05, 3.63) is 42.6 Å².